The predicted octanol–water partition coefficient (Wildman–Crippen LogP) is 0.961. The van der Waals surface area contributed by atoms with Crippen LogP contribution in [0.1, 0.15) is 39.0 Å². The maximum absolute atomic E-state index is 9.24. The molecule has 1 fully saturated rings. The molecule has 1 unspecified atom stereocenters. The molecule has 0 bridgehead atoms. The maximum atomic E-state index is 9.24. The first-order valence-corrected chi connectivity index (χ1v) is 5.70. The second kappa shape index (κ2) is 5.10. The highest BCUT2D eigenvalue weighted by Gasteiger charge is 2.35. The van der Waals surface area contributed by atoms with E-state index in [2.05, 4.69) is 11.9 Å². The van der Waals surface area contributed by atoms with Crippen molar-refractivity contribution >= 4 is 0 Å². The summed E-state index contributed by atoms with van der Waals surface area (Å²) in [6.45, 7) is 3.55. The molecule has 0 amide bonds. The fourth-order valence-electron chi connectivity index (χ4n) is 2.39. The molecule has 1 saturated carbocycles. The molecule has 1 aliphatic rings. The van der Waals surface area contributed by atoms with Crippen molar-refractivity contribution in [2.75, 3.05) is 20.1 Å². The molecule has 0 radical (unpaired) electrons. The molecule has 84 valence electrons. The number of nitrogens with two attached hydrogens (primary N) is 1. The van der Waals surface area contributed by atoms with Gasteiger partial charge in [0, 0.05) is 18.6 Å². The summed E-state index contributed by atoms with van der Waals surface area (Å²) in [4.78, 5) is 2.35. The second-order valence-corrected chi connectivity index (χ2v) is 4.69. The minimum absolute atomic E-state index is 0.200. The van der Waals surface area contributed by atoms with Crippen LogP contribution in [-0.2, 0) is 0 Å². The summed E-state index contributed by atoms with van der Waals surface area (Å²) in [7, 11) is 2.14. The zero-order chi connectivity index (χ0) is 10.6. The molecule has 1 aliphatic carbocycles. The number of rotatable bonds is 5. The Morgan fingerprint density at radius 1 is 1.43 bits per heavy atom. The first-order chi connectivity index (χ1) is 6.60. The average Bonchev–Trinajstić information content (AvgIpc) is 2.63. The van der Waals surface area contributed by atoms with Gasteiger partial charge in [-0.25, -0.2) is 0 Å². The fourth-order valence-corrected chi connectivity index (χ4v) is 2.39. The molecule has 0 aromatic carbocycles. The lowest BCUT2D eigenvalue weighted by atomic mass is 9.95. The van der Waals surface area contributed by atoms with Gasteiger partial charge in [0.15, 0.2) is 0 Å². The van der Waals surface area contributed by atoms with Crippen molar-refractivity contribution in [2.45, 2.75) is 50.7 Å². The number of aliphatic hydroxyl groups excluding tert-OH is 1. The summed E-state index contributed by atoms with van der Waals surface area (Å²) in [6.07, 6.45) is 5.69. The molecule has 3 N–H and O–H groups in total. The molecule has 0 heterocycles. The van der Waals surface area contributed by atoms with Crippen LogP contribution in [0.15, 0.2) is 0 Å². The second-order valence-electron chi connectivity index (χ2n) is 4.69. The van der Waals surface area contributed by atoms with Crippen LogP contribution in [0.25, 0.3) is 0 Å². The first-order valence-electron chi connectivity index (χ1n) is 5.70. The van der Waals surface area contributed by atoms with Gasteiger partial charge in [0.2, 0.25) is 0 Å². The van der Waals surface area contributed by atoms with E-state index < -0.39 is 0 Å². The molecule has 1 rings (SSSR count). The molecule has 14 heavy (non-hydrogen) atoms. The van der Waals surface area contributed by atoms with Crippen molar-refractivity contribution in [1.29, 1.82) is 0 Å². The molecule has 0 aliphatic heterocycles. The van der Waals surface area contributed by atoms with Crippen molar-refractivity contribution in [3.63, 3.8) is 0 Å². The zero-order valence-electron chi connectivity index (χ0n) is 9.50. The molecule has 0 spiro atoms. The molecule has 1 atom stereocenters. The van der Waals surface area contributed by atoms with E-state index in [0.29, 0.717) is 0 Å². The summed E-state index contributed by atoms with van der Waals surface area (Å²) < 4.78 is 0. The highest BCUT2D eigenvalue weighted by Crippen LogP contribution is 2.33. The summed E-state index contributed by atoms with van der Waals surface area (Å²) >= 11 is 0. The van der Waals surface area contributed by atoms with Gasteiger partial charge in [0.25, 0.3) is 0 Å². The lowest BCUT2D eigenvalue weighted by molar-refractivity contribution is 0.101. The van der Waals surface area contributed by atoms with E-state index in [1.54, 1.807) is 0 Å². The van der Waals surface area contributed by atoms with E-state index in [4.69, 9.17) is 5.73 Å². The van der Waals surface area contributed by atoms with Gasteiger partial charge in [-0.15, -0.1) is 0 Å². The summed E-state index contributed by atoms with van der Waals surface area (Å²) in [5.74, 6) is 0. The molecule has 0 aromatic heterocycles. The summed E-state index contributed by atoms with van der Waals surface area (Å²) in [6, 6.07) is 0. The number of aliphatic hydroxyl groups is 1. The van der Waals surface area contributed by atoms with Gasteiger partial charge in [-0.05, 0) is 33.2 Å². The highest BCUT2D eigenvalue weighted by molar-refractivity contribution is 4.94. The van der Waals surface area contributed by atoms with Crippen molar-refractivity contribution in [1.82, 2.24) is 4.90 Å². The van der Waals surface area contributed by atoms with Crippen LogP contribution in [0.5, 0.6) is 0 Å². The van der Waals surface area contributed by atoms with Crippen LogP contribution in [0.2, 0.25) is 0 Å². The topological polar surface area (TPSA) is 49.5 Å². The van der Waals surface area contributed by atoms with Crippen LogP contribution >= 0.6 is 0 Å². The average molecular weight is 200 g/mol. The largest absolute Gasteiger partial charge is 0.393 e. The van der Waals surface area contributed by atoms with E-state index in [0.717, 1.165) is 19.5 Å². The van der Waals surface area contributed by atoms with Crippen LogP contribution in [0.4, 0.5) is 0 Å². The minimum Gasteiger partial charge on any atom is -0.393 e. The number of hydrogen-bond acceptors (Lipinski definition) is 3. The van der Waals surface area contributed by atoms with E-state index in [9.17, 15) is 5.11 Å². The van der Waals surface area contributed by atoms with Gasteiger partial charge in [-0.3, -0.25) is 4.90 Å². The monoisotopic (exact) mass is 200 g/mol. The molecule has 0 aromatic rings. The Labute approximate surface area is 87.3 Å². The standard InChI is InChI=1S/C11H24N2O/c1-10(14)5-8-13(2)11(9-12)6-3-4-7-11/h10,14H,3-9,12H2,1-2H3. The van der Waals surface area contributed by atoms with E-state index in [1.807, 2.05) is 6.92 Å². The summed E-state index contributed by atoms with van der Waals surface area (Å²) in [5.41, 5.74) is 6.10. The Bertz CT molecular complexity index is 165. The normalized spacial score (nSPS) is 22.9. The third-order valence-electron chi connectivity index (χ3n) is 3.61. The van der Waals surface area contributed by atoms with E-state index in [1.165, 1.54) is 25.7 Å². The molecule has 3 heteroatoms. The molecule has 3 nitrogen and oxygen atoms in total. The Hall–Kier alpha value is -0.120. The van der Waals surface area contributed by atoms with Gasteiger partial charge in [0.05, 0.1) is 6.10 Å². The Kier molecular flexibility index (Phi) is 4.35. The van der Waals surface area contributed by atoms with Gasteiger partial charge >= 0.3 is 0 Å². The predicted molar refractivity (Wildman–Crippen MR) is 59.2 cm³/mol. The Morgan fingerprint density at radius 2 is 2.00 bits per heavy atom. The summed E-state index contributed by atoms with van der Waals surface area (Å²) in [5, 5.41) is 9.24. The van der Waals surface area contributed by atoms with Crippen LogP contribution in [0, 0.1) is 0 Å². The number of nitrogens with zero attached hydrogens (tertiary/aromatic N) is 1. The Morgan fingerprint density at radius 3 is 2.43 bits per heavy atom. The van der Waals surface area contributed by atoms with Gasteiger partial charge in [-0.2, -0.15) is 0 Å². The maximum Gasteiger partial charge on any atom is 0.0524 e. The highest BCUT2D eigenvalue weighted by atomic mass is 16.3. The van der Waals surface area contributed by atoms with Crippen LogP contribution < -0.4 is 5.73 Å². The third kappa shape index (κ3) is 2.69. The Balaban J connectivity index is 2.43. The van der Waals surface area contributed by atoms with Gasteiger partial charge in [0.1, 0.15) is 0 Å². The zero-order valence-corrected chi connectivity index (χ0v) is 9.50. The van der Waals surface area contributed by atoms with Gasteiger partial charge < -0.3 is 10.8 Å². The van der Waals surface area contributed by atoms with E-state index >= 15 is 0 Å². The van der Waals surface area contributed by atoms with Crippen molar-refractivity contribution in [2.24, 2.45) is 5.73 Å². The van der Waals surface area contributed by atoms with Crippen LogP contribution in [0.3, 0.4) is 0 Å². The van der Waals surface area contributed by atoms with Crippen molar-refractivity contribution in [3.05, 3.63) is 0 Å². The quantitative estimate of drug-likeness (QED) is 0.695. The lowest BCUT2D eigenvalue weighted by Gasteiger charge is -2.38. The minimum atomic E-state index is -0.200. The van der Waals surface area contributed by atoms with Crippen molar-refractivity contribution < 1.29 is 5.11 Å². The first kappa shape index (κ1) is 12.0. The van der Waals surface area contributed by atoms with E-state index in [-0.39, 0.29) is 11.6 Å². The smallest absolute Gasteiger partial charge is 0.0524 e. The number of likely N-dealkylation sites (N-methyl/N-ethyl adjacent to an activating group) is 1. The number of hydrogen-bond donors (Lipinski definition) is 2. The van der Waals surface area contributed by atoms with Crippen molar-refractivity contribution in [3.8, 4) is 0 Å². The molecule has 0 saturated heterocycles. The SMILES string of the molecule is CC(O)CCN(C)C1(CN)CCCC1. The lowest BCUT2D eigenvalue weighted by Crippen LogP contribution is -2.50. The molecular formula is C11H24N2O. The van der Waals surface area contributed by atoms with Crippen LogP contribution in [-0.4, -0.2) is 41.8 Å². The van der Waals surface area contributed by atoms with Gasteiger partial charge in [-0.1, -0.05) is 12.8 Å². The fraction of sp³-hybridized carbons (Fsp3) is 1.00. The molecular weight excluding hydrogens is 176 g/mol. The third-order valence-corrected chi connectivity index (χ3v) is 3.61.